The molecule has 0 amide bonds. The van der Waals surface area contributed by atoms with Crippen molar-refractivity contribution in [1.29, 1.82) is 0 Å². The van der Waals surface area contributed by atoms with Gasteiger partial charge in [0.05, 0.1) is 13.2 Å². The van der Waals surface area contributed by atoms with Crippen molar-refractivity contribution in [3.8, 4) is 11.5 Å². The van der Waals surface area contributed by atoms with Crippen molar-refractivity contribution in [1.82, 2.24) is 0 Å². The highest BCUT2D eigenvalue weighted by molar-refractivity contribution is 5.44. The molecule has 1 fully saturated rings. The Hall–Kier alpha value is -1.43. The Morgan fingerprint density at radius 3 is 2.40 bits per heavy atom. The molecule has 20 heavy (non-hydrogen) atoms. The standard InChI is InChI=1S/C14H18F3NO2/c1-19-11-7-6-9(13(18)14(15,16)17)8-12(11)20-10-4-2-3-5-10/h6-8,10,13H,2-5,18H2,1H3/t13-/m0/s1. The Labute approximate surface area is 115 Å². The molecule has 2 N–H and O–H groups in total. The predicted octanol–water partition coefficient (Wildman–Crippen LogP) is 3.58. The van der Waals surface area contributed by atoms with E-state index in [1.54, 1.807) is 0 Å². The number of ether oxygens (including phenoxy) is 2. The normalized spacial score (nSPS) is 18.1. The van der Waals surface area contributed by atoms with Crippen LogP contribution in [-0.2, 0) is 0 Å². The van der Waals surface area contributed by atoms with E-state index in [1.165, 1.54) is 25.3 Å². The lowest BCUT2D eigenvalue weighted by Crippen LogP contribution is -2.28. The van der Waals surface area contributed by atoms with Crippen molar-refractivity contribution in [3.05, 3.63) is 23.8 Å². The quantitative estimate of drug-likeness (QED) is 0.921. The molecular weight excluding hydrogens is 271 g/mol. The van der Waals surface area contributed by atoms with E-state index in [0.29, 0.717) is 11.5 Å². The van der Waals surface area contributed by atoms with Crippen LogP contribution in [0.5, 0.6) is 11.5 Å². The zero-order chi connectivity index (χ0) is 14.8. The lowest BCUT2D eigenvalue weighted by Gasteiger charge is -2.20. The number of rotatable bonds is 4. The summed E-state index contributed by atoms with van der Waals surface area (Å²) in [5.74, 6) is 0.756. The fraction of sp³-hybridized carbons (Fsp3) is 0.571. The topological polar surface area (TPSA) is 44.5 Å². The average molecular weight is 289 g/mol. The maximum atomic E-state index is 12.7. The van der Waals surface area contributed by atoms with Crippen LogP contribution in [0.25, 0.3) is 0 Å². The SMILES string of the molecule is COc1ccc([C@H](N)C(F)(F)F)cc1OC1CCCC1. The monoisotopic (exact) mass is 289 g/mol. The van der Waals surface area contributed by atoms with Gasteiger partial charge < -0.3 is 15.2 Å². The number of halogens is 3. The molecule has 1 aliphatic carbocycles. The van der Waals surface area contributed by atoms with E-state index in [-0.39, 0.29) is 11.7 Å². The van der Waals surface area contributed by atoms with Gasteiger partial charge in [-0.05, 0) is 43.4 Å². The van der Waals surface area contributed by atoms with E-state index >= 15 is 0 Å². The lowest BCUT2D eigenvalue weighted by molar-refractivity contribution is -0.149. The number of benzene rings is 1. The van der Waals surface area contributed by atoms with E-state index in [4.69, 9.17) is 15.2 Å². The van der Waals surface area contributed by atoms with Crippen molar-refractivity contribution in [2.75, 3.05) is 7.11 Å². The van der Waals surface area contributed by atoms with Crippen molar-refractivity contribution >= 4 is 0 Å². The van der Waals surface area contributed by atoms with Gasteiger partial charge in [-0.1, -0.05) is 6.07 Å². The highest BCUT2D eigenvalue weighted by Gasteiger charge is 2.38. The zero-order valence-electron chi connectivity index (χ0n) is 11.2. The molecular formula is C14H18F3NO2. The summed E-state index contributed by atoms with van der Waals surface area (Å²) in [4.78, 5) is 0. The number of nitrogens with two attached hydrogens (primary N) is 1. The van der Waals surface area contributed by atoms with Gasteiger partial charge in [0.25, 0.3) is 0 Å². The molecule has 2 rings (SSSR count). The minimum absolute atomic E-state index is 0.0219. The molecule has 6 heteroatoms. The molecule has 1 saturated carbocycles. The van der Waals surface area contributed by atoms with Gasteiger partial charge in [0, 0.05) is 0 Å². The van der Waals surface area contributed by atoms with Crippen LogP contribution in [0, 0.1) is 0 Å². The first kappa shape index (κ1) is 15.0. The third-order valence-electron chi connectivity index (χ3n) is 3.50. The fourth-order valence-corrected chi connectivity index (χ4v) is 2.35. The molecule has 1 aromatic carbocycles. The summed E-state index contributed by atoms with van der Waals surface area (Å²) in [7, 11) is 1.46. The van der Waals surface area contributed by atoms with Crippen LogP contribution in [0.15, 0.2) is 18.2 Å². The van der Waals surface area contributed by atoms with Gasteiger partial charge in [-0.3, -0.25) is 0 Å². The molecule has 1 aromatic rings. The second-order valence-electron chi connectivity index (χ2n) is 4.95. The summed E-state index contributed by atoms with van der Waals surface area (Å²) in [6.45, 7) is 0. The Morgan fingerprint density at radius 2 is 1.85 bits per heavy atom. The maximum absolute atomic E-state index is 12.7. The van der Waals surface area contributed by atoms with Crippen molar-refractivity contribution in [3.63, 3.8) is 0 Å². The molecule has 0 aliphatic heterocycles. The molecule has 0 aromatic heterocycles. The Kier molecular flexibility index (Phi) is 4.42. The van der Waals surface area contributed by atoms with E-state index < -0.39 is 12.2 Å². The lowest BCUT2D eigenvalue weighted by atomic mass is 10.1. The predicted molar refractivity (Wildman–Crippen MR) is 68.9 cm³/mol. The summed E-state index contributed by atoms with van der Waals surface area (Å²) in [5.41, 5.74) is 5.20. The smallest absolute Gasteiger partial charge is 0.407 e. The van der Waals surface area contributed by atoms with Crippen LogP contribution in [0.3, 0.4) is 0 Å². The third kappa shape index (κ3) is 3.36. The Morgan fingerprint density at radius 1 is 1.20 bits per heavy atom. The highest BCUT2D eigenvalue weighted by Crippen LogP contribution is 2.37. The van der Waals surface area contributed by atoms with Crippen molar-refractivity contribution < 1.29 is 22.6 Å². The van der Waals surface area contributed by atoms with E-state index in [2.05, 4.69) is 0 Å². The summed E-state index contributed by atoms with van der Waals surface area (Å²) in [6.07, 6.45) is -0.443. The van der Waals surface area contributed by atoms with Gasteiger partial charge in [0.15, 0.2) is 11.5 Å². The number of hydrogen-bond acceptors (Lipinski definition) is 3. The molecule has 0 spiro atoms. The molecule has 1 atom stereocenters. The third-order valence-corrected chi connectivity index (χ3v) is 3.50. The van der Waals surface area contributed by atoms with Crippen molar-refractivity contribution in [2.45, 2.75) is 44.0 Å². The molecule has 1 aliphatic rings. The summed E-state index contributed by atoms with van der Waals surface area (Å²) in [6, 6.07) is 2.10. The van der Waals surface area contributed by atoms with Crippen LogP contribution in [-0.4, -0.2) is 19.4 Å². The van der Waals surface area contributed by atoms with Crippen LogP contribution in [0.1, 0.15) is 37.3 Å². The largest absolute Gasteiger partial charge is 0.493 e. The first-order valence-electron chi connectivity index (χ1n) is 6.58. The van der Waals surface area contributed by atoms with Crippen molar-refractivity contribution in [2.24, 2.45) is 5.73 Å². The number of hydrogen-bond donors (Lipinski definition) is 1. The van der Waals surface area contributed by atoms with Crippen LogP contribution in [0.4, 0.5) is 13.2 Å². The second kappa shape index (κ2) is 5.91. The van der Waals surface area contributed by atoms with Gasteiger partial charge in [-0.15, -0.1) is 0 Å². The fourth-order valence-electron chi connectivity index (χ4n) is 2.35. The van der Waals surface area contributed by atoms with Crippen LogP contribution >= 0.6 is 0 Å². The number of alkyl halides is 3. The molecule has 0 heterocycles. The van der Waals surface area contributed by atoms with Gasteiger partial charge in [-0.25, -0.2) is 0 Å². The molecule has 0 saturated heterocycles. The molecule has 0 unspecified atom stereocenters. The minimum atomic E-state index is -4.47. The van der Waals surface area contributed by atoms with E-state index in [1.807, 2.05) is 0 Å². The molecule has 0 bridgehead atoms. The highest BCUT2D eigenvalue weighted by atomic mass is 19.4. The van der Waals surface area contributed by atoms with Crippen LogP contribution in [0.2, 0.25) is 0 Å². The van der Waals surface area contributed by atoms with E-state index in [9.17, 15) is 13.2 Å². The first-order valence-corrected chi connectivity index (χ1v) is 6.58. The number of methoxy groups -OCH3 is 1. The van der Waals surface area contributed by atoms with E-state index in [0.717, 1.165) is 25.7 Å². The van der Waals surface area contributed by atoms with Gasteiger partial charge in [0.1, 0.15) is 6.04 Å². The molecule has 3 nitrogen and oxygen atoms in total. The summed E-state index contributed by atoms with van der Waals surface area (Å²) >= 11 is 0. The summed E-state index contributed by atoms with van der Waals surface area (Å²) < 4.78 is 48.9. The Bertz CT molecular complexity index is 456. The first-order chi connectivity index (χ1) is 9.41. The molecule has 112 valence electrons. The van der Waals surface area contributed by atoms with Gasteiger partial charge >= 0.3 is 6.18 Å². The summed E-state index contributed by atoms with van der Waals surface area (Å²) in [5, 5.41) is 0. The van der Waals surface area contributed by atoms with Gasteiger partial charge in [0.2, 0.25) is 0 Å². The zero-order valence-corrected chi connectivity index (χ0v) is 11.2. The average Bonchev–Trinajstić information content (AvgIpc) is 2.89. The van der Waals surface area contributed by atoms with Gasteiger partial charge in [-0.2, -0.15) is 13.2 Å². The van der Waals surface area contributed by atoms with Crippen LogP contribution < -0.4 is 15.2 Å². The maximum Gasteiger partial charge on any atom is 0.407 e. The second-order valence-corrected chi connectivity index (χ2v) is 4.95. The minimum Gasteiger partial charge on any atom is -0.493 e. The molecule has 0 radical (unpaired) electrons. The Balaban J connectivity index is 2.23.